The summed E-state index contributed by atoms with van der Waals surface area (Å²) in [7, 11) is 0. The molecule has 1 aliphatic rings. The first-order chi connectivity index (χ1) is 9.99. The molecule has 3 N–H and O–H groups in total. The summed E-state index contributed by atoms with van der Waals surface area (Å²) < 4.78 is 0. The Bertz CT molecular complexity index is 506. The van der Waals surface area contributed by atoms with Crippen LogP contribution in [0.15, 0.2) is 30.3 Å². The average Bonchev–Trinajstić information content (AvgIpc) is 2.87. The number of aliphatic carboxylic acids is 1. The number of hydrogen-bond acceptors (Lipinski definition) is 3. The zero-order chi connectivity index (χ0) is 15.4. The number of aliphatic hydroxyl groups is 1. The third-order valence-electron chi connectivity index (χ3n) is 3.75. The molecular formula is C15H20N2O4. The number of rotatable bonds is 4. The molecule has 21 heavy (non-hydrogen) atoms. The fourth-order valence-corrected chi connectivity index (χ4v) is 2.51. The number of carboxylic acids is 1. The van der Waals surface area contributed by atoms with Crippen LogP contribution in [0.3, 0.4) is 0 Å². The summed E-state index contributed by atoms with van der Waals surface area (Å²) in [6.07, 6.45) is -0.694. The minimum absolute atomic E-state index is 0.0581. The number of likely N-dealkylation sites (tertiary alicyclic amines) is 1. The number of aliphatic hydroxyl groups excluding tert-OH is 1. The second-order valence-electron chi connectivity index (χ2n) is 5.39. The van der Waals surface area contributed by atoms with Gasteiger partial charge in [-0.05, 0) is 11.5 Å². The van der Waals surface area contributed by atoms with Gasteiger partial charge in [0.05, 0.1) is 6.10 Å². The fourth-order valence-electron chi connectivity index (χ4n) is 2.51. The lowest BCUT2D eigenvalue weighted by molar-refractivity contribution is -0.141. The van der Waals surface area contributed by atoms with Crippen LogP contribution in [0.1, 0.15) is 24.8 Å². The van der Waals surface area contributed by atoms with Gasteiger partial charge in [-0.1, -0.05) is 37.3 Å². The van der Waals surface area contributed by atoms with Gasteiger partial charge in [0, 0.05) is 19.5 Å². The van der Waals surface area contributed by atoms with Crippen molar-refractivity contribution in [3.05, 3.63) is 35.9 Å². The van der Waals surface area contributed by atoms with Crippen LogP contribution < -0.4 is 5.32 Å². The number of amides is 2. The number of β-amino-alcohol motifs (C(OH)–C–C–N with tert-alkyl or cyclic N) is 1. The van der Waals surface area contributed by atoms with Crippen LogP contribution in [0.2, 0.25) is 0 Å². The van der Waals surface area contributed by atoms with Gasteiger partial charge in [0.25, 0.3) is 0 Å². The molecule has 0 bridgehead atoms. The van der Waals surface area contributed by atoms with Crippen molar-refractivity contribution in [3.63, 3.8) is 0 Å². The molecule has 0 spiro atoms. The smallest absolute Gasteiger partial charge is 0.326 e. The molecule has 1 aliphatic heterocycles. The van der Waals surface area contributed by atoms with E-state index in [2.05, 4.69) is 5.32 Å². The molecule has 1 aromatic carbocycles. The van der Waals surface area contributed by atoms with Gasteiger partial charge in [0.2, 0.25) is 0 Å². The van der Waals surface area contributed by atoms with Gasteiger partial charge in [0.1, 0.15) is 6.04 Å². The van der Waals surface area contributed by atoms with Gasteiger partial charge >= 0.3 is 12.0 Å². The largest absolute Gasteiger partial charge is 0.480 e. The third kappa shape index (κ3) is 3.72. The van der Waals surface area contributed by atoms with Crippen molar-refractivity contribution >= 4 is 12.0 Å². The van der Waals surface area contributed by atoms with Gasteiger partial charge in [0.15, 0.2) is 0 Å². The Morgan fingerprint density at radius 2 is 2.05 bits per heavy atom. The quantitative estimate of drug-likeness (QED) is 0.773. The lowest BCUT2D eigenvalue weighted by Gasteiger charge is -2.23. The first-order valence-corrected chi connectivity index (χ1v) is 6.99. The van der Waals surface area contributed by atoms with Gasteiger partial charge in [-0.15, -0.1) is 0 Å². The molecule has 0 saturated carbocycles. The minimum atomic E-state index is -1.09. The number of nitrogens with zero attached hydrogens (tertiary/aromatic N) is 1. The SMILES string of the molecule is CC(CNC(=O)N1C[C@H](O)C[C@H]1C(=O)O)c1ccccc1. The Balaban J connectivity index is 1.91. The zero-order valence-corrected chi connectivity index (χ0v) is 11.9. The number of urea groups is 1. The van der Waals surface area contributed by atoms with E-state index in [9.17, 15) is 14.7 Å². The van der Waals surface area contributed by atoms with Crippen LogP contribution in [0.4, 0.5) is 4.79 Å². The molecule has 1 unspecified atom stereocenters. The van der Waals surface area contributed by atoms with Crippen molar-refractivity contribution in [1.82, 2.24) is 10.2 Å². The van der Waals surface area contributed by atoms with E-state index >= 15 is 0 Å². The first kappa shape index (κ1) is 15.3. The summed E-state index contributed by atoms with van der Waals surface area (Å²) in [4.78, 5) is 24.4. The van der Waals surface area contributed by atoms with E-state index in [0.29, 0.717) is 6.54 Å². The molecule has 6 heteroatoms. The second kappa shape index (κ2) is 6.58. The molecule has 0 aliphatic carbocycles. The van der Waals surface area contributed by atoms with E-state index in [0.717, 1.165) is 5.56 Å². The number of benzene rings is 1. The average molecular weight is 292 g/mol. The highest BCUT2D eigenvalue weighted by Crippen LogP contribution is 2.19. The van der Waals surface area contributed by atoms with E-state index in [1.165, 1.54) is 4.90 Å². The summed E-state index contributed by atoms with van der Waals surface area (Å²) in [6.45, 7) is 2.47. The molecule has 1 fully saturated rings. The number of carbonyl (C=O) groups excluding carboxylic acids is 1. The highest BCUT2D eigenvalue weighted by atomic mass is 16.4. The van der Waals surface area contributed by atoms with Crippen molar-refractivity contribution < 1.29 is 19.8 Å². The van der Waals surface area contributed by atoms with E-state index in [1.807, 2.05) is 37.3 Å². The van der Waals surface area contributed by atoms with Crippen molar-refractivity contribution in [2.75, 3.05) is 13.1 Å². The monoisotopic (exact) mass is 292 g/mol. The van der Waals surface area contributed by atoms with E-state index in [1.54, 1.807) is 0 Å². The summed E-state index contributed by atoms with van der Waals surface area (Å²) in [5.41, 5.74) is 1.11. The molecular weight excluding hydrogens is 272 g/mol. The lowest BCUT2D eigenvalue weighted by atomic mass is 10.0. The zero-order valence-electron chi connectivity index (χ0n) is 11.9. The van der Waals surface area contributed by atoms with Crippen molar-refractivity contribution in [2.45, 2.75) is 31.4 Å². The molecule has 1 aromatic rings. The predicted molar refractivity (Wildman–Crippen MR) is 77.0 cm³/mol. The number of carbonyl (C=O) groups is 2. The van der Waals surface area contributed by atoms with Crippen LogP contribution in [0.5, 0.6) is 0 Å². The minimum Gasteiger partial charge on any atom is -0.480 e. The topological polar surface area (TPSA) is 89.9 Å². The normalized spacial score (nSPS) is 22.9. The maximum Gasteiger partial charge on any atom is 0.326 e. The van der Waals surface area contributed by atoms with Crippen LogP contribution in [-0.4, -0.2) is 52.3 Å². The summed E-state index contributed by atoms with van der Waals surface area (Å²) in [5, 5.41) is 21.4. The lowest BCUT2D eigenvalue weighted by Crippen LogP contribution is -2.46. The second-order valence-corrected chi connectivity index (χ2v) is 5.39. The van der Waals surface area contributed by atoms with E-state index in [4.69, 9.17) is 5.11 Å². The standard InChI is InChI=1S/C15H20N2O4/c1-10(11-5-3-2-4-6-11)8-16-15(21)17-9-12(18)7-13(17)14(19)20/h2-6,10,12-13,18H,7-9H2,1H3,(H,16,21)(H,19,20)/t10?,12-,13+/m1/s1. The van der Waals surface area contributed by atoms with E-state index in [-0.39, 0.29) is 18.9 Å². The van der Waals surface area contributed by atoms with Crippen LogP contribution in [0, 0.1) is 0 Å². The fraction of sp³-hybridized carbons (Fsp3) is 0.467. The number of hydrogen-bond donors (Lipinski definition) is 3. The number of carboxylic acid groups (broad SMARTS) is 1. The van der Waals surface area contributed by atoms with E-state index < -0.39 is 24.1 Å². The van der Waals surface area contributed by atoms with Gasteiger partial charge < -0.3 is 20.4 Å². The molecule has 0 aromatic heterocycles. The number of nitrogens with one attached hydrogen (secondary N) is 1. The highest BCUT2D eigenvalue weighted by Gasteiger charge is 2.38. The molecule has 2 rings (SSSR count). The molecule has 1 saturated heterocycles. The van der Waals surface area contributed by atoms with Crippen molar-refractivity contribution in [1.29, 1.82) is 0 Å². The predicted octanol–water partition coefficient (Wildman–Crippen LogP) is 1.02. The highest BCUT2D eigenvalue weighted by molar-refractivity contribution is 5.83. The maximum absolute atomic E-state index is 12.1. The summed E-state index contributed by atoms with van der Waals surface area (Å²) >= 11 is 0. The molecule has 114 valence electrons. The van der Waals surface area contributed by atoms with Gasteiger partial charge in [-0.25, -0.2) is 9.59 Å². The van der Waals surface area contributed by atoms with Crippen molar-refractivity contribution in [2.24, 2.45) is 0 Å². The van der Waals surface area contributed by atoms with Crippen molar-refractivity contribution in [3.8, 4) is 0 Å². The molecule has 1 heterocycles. The Hall–Kier alpha value is -2.08. The molecule has 2 amide bonds. The van der Waals surface area contributed by atoms with Crippen LogP contribution in [0.25, 0.3) is 0 Å². The van der Waals surface area contributed by atoms with Crippen LogP contribution >= 0.6 is 0 Å². The molecule has 0 radical (unpaired) electrons. The molecule has 6 nitrogen and oxygen atoms in total. The van der Waals surface area contributed by atoms with Crippen LogP contribution in [-0.2, 0) is 4.79 Å². The molecule has 3 atom stereocenters. The summed E-state index contributed by atoms with van der Waals surface area (Å²) in [6, 6.07) is 8.37. The van der Waals surface area contributed by atoms with Gasteiger partial charge in [-0.3, -0.25) is 0 Å². The van der Waals surface area contributed by atoms with Gasteiger partial charge in [-0.2, -0.15) is 0 Å². The third-order valence-corrected chi connectivity index (χ3v) is 3.75. The Morgan fingerprint density at radius 3 is 2.67 bits per heavy atom. The Kier molecular flexibility index (Phi) is 4.80. The Morgan fingerprint density at radius 1 is 1.38 bits per heavy atom. The first-order valence-electron chi connectivity index (χ1n) is 6.99. The summed E-state index contributed by atoms with van der Waals surface area (Å²) in [5.74, 6) is -0.955. The maximum atomic E-state index is 12.1. The Labute approximate surface area is 123 Å².